The second kappa shape index (κ2) is 6.50. The number of hydrogen-bond acceptors (Lipinski definition) is 3. The molecule has 0 aliphatic carbocycles. The predicted octanol–water partition coefficient (Wildman–Crippen LogP) is 3.72. The van der Waals surface area contributed by atoms with Crippen molar-refractivity contribution < 1.29 is 14.3 Å². The van der Waals surface area contributed by atoms with Gasteiger partial charge < -0.3 is 4.74 Å². The lowest BCUT2D eigenvalue weighted by molar-refractivity contribution is -0.152. The zero-order valence-corrected chi connectivity index (χ0v) is 12.4. The van der Waals surface area contributed by atoms with Crippen molar-refractivity contribution in [1.29, 1.82) is 0 Å². The van der Waals surface area contributed by atoms with Gasteiger partial charge in [0.2, 0.25) is 0 Å². The van der Waals surface area contributed by atoms with Crippen LogP contribution < -0.4 is 0 Å². The summed E-state index contributed by atoms with van der Waals surface area (Å²) >= 11 is 0. The molecule has 1 unspecified atom stereocenters. The Bertz CT molecular complexity index is 470. The van der Waals surface area contributed by atoms with Crippen LogP contribution in [0.5, 0.6) is 0 Å². The highest BCUT2D eigenvalue weighted by Gasteiger charge is 2.35. The molecule has 104 valence electrons. The summed E-state index contributed by atoms with van der Waals surface area (Å²) in [4.78, 5) is 23.0. The number of carbonyl (C=O) groups is 2. The topological polar surface area (TPSA) is 43.4 Å². The van der Waals surface area contributed by atoms with Crippen LogP contribution in [0.25, 0.3) is 0 Å². The molecule has 1 heterocycles. The fourth-order valence-electron chi connectivity index (χ4n) is 2.02. The molecule has 0 aromatic carbocycles. The second-order valence-corrected chi connectivity index (χ2v) is 5.49. The van der Waals surface area contributed by atoms with Crippen molar-refractivity contribution in [2.75, 3.05) is 0 Å². The zero-order chi connectivity index (χ0) is 14.6. The summed E-state index contributed by atoms with van der Waals surface area (Å²) in [5.41, 5.74) is 4.38. The van der Waals surface area contributed by atoms with E-state index in [0.717, 1.165) is 23.1 Å². The van der Waals surface area contributed by atoms with E-state index in [9.17, 15) is 9.59 Å². The smallest absolute Gasteiger partial charge is 0.321 e. The van der Waals surface area contributed by atoms with Gasteiger partial charge in [0.05, 0.1) is 12.3 Å². The molecule has 0 bridgehead atoms. The summed E-state index contributed by atoms with van der Waals surface area (Å²) in [5.74, 6) is -1.29. The molecule has 3 nitrogen and oxygen atoms in total. The van der Waals surface area contributed by atoms with Gasteiger partial charge in [0.15, 0.2) is 0 Å². The molecule has 1 fully saturated rings. The van der Waals surface area contributed by atoms with E-state index in [0.29, 0.717) is 0 Å². The van der Waals surface area contributed by atoms with Gasteiger partial charge in [-0.1, -0.05) is 28.9 Å². The first-order chi connectivity index (χ1) is 8.81. The van der Waals surface area contributed by atoms with Crippen LogP contribution in [0.4, 0.5) is 0 Å². The van der Waals surface area contributed by atoms with Crippen molar-refractivity contribution >= 4 is 11.9 Å². The van der Waals surface area contributed by atoms with Gasteiger partial charge in [-0.15, -0.1) is 0 Å². The maximum atomic E-state index is 11.7. The average Bonchev–Trinajstić information content (AvgIpc) is 2.61. The summed E-state index contributed by atoms with van der Waals surface area (Å²) in [5, 5.41) is 0. The van der Waals surface area contributed by atoms with Crippen LogP contribution in [0.2, 0.25) is 0 Å². The summed E-state index contributed by atoms with van der Waals surface area (Å²) in [6.07, 6.45) is 5.05. The van der Waals surface area contributed by atoms with Gasteiger partial charge >= 0.3 is 11.9 Å². The SMILES string of the molecule is CC(C)=CC/C(C)=C(\C=C(C)C)C1CC(=O)OC1=O. The van der Waals surface area contributed by atoms with Gasteiger partial charge in [-0.05, 0) is 46.6 Å². The quantitative estimate of drug-likeness (QED) is 0.336. The van der Waals surface area contributed by atoms with E-state index in [2.05, 4.69) is 10.8 Å². The minimum absolute atomic E-state index is 0.157. The Hall–Kier alpha value is -1.64. The Morgan fingerprint density at radius 2 is 1.79 bits per heavy atom. The van der Waals surface area contributed by atoms with Crippen LogP contribution in [-0.2, 0) is 14.3 Å². The number of hydrogen-bond donors (Lipinski definition) is 0. The van der Waals surface area contributed by atoms with Crippen LogP contribution >= 0.6 is 0 Å². The van der Waals surface area contributed by atoms with Gasteiger partial charge in [-0.3, -0.25) is 9.59 Å². The highest BCUT2D eigenvalue weighted by atomic mass is 16.6. The molecular formula is C16H22O3. The highest BCUT2D eigenvalue weighted by molar-refractivity contribution is 5.96. The first kappa shape index (κ1) is 15.4. The lowest BCUT2D eigenvalue weighted by atomic mass is 9.90. The van der Waals surface area contributed by atoms with Gasteiger partial charge in [0.1, 0.15) is 0 Å². The maximum absolute atomic E-state index is 11.7. The molecule has 0 radical (unpaired) electrons. The first-order valence-corrected chi connectivity index (χ1v) is 6.53. The zero-order valence-electron chi connectivity index (χ0n) is 12.4. The lowest BCUT2D eigenvalue weighted by Gasteiger charge is -2.12. The van der Waals surface area contributed by atoms with E-state index in [-0.39, 0.29) is 6.42 Å². The van der Waals surface area contributed by atoms with E-state index >= 15 is 0 Å². The van der Waals surface area contributed by atoms with Crippen molar-refractivity contribution in [1.82, 2.24) is 0 Å². The molecular weight excluding hydrogens is 240 g/mol. The van der Waals surface area contributed by atoms with Gasteiger partial charge in [0, 0.05) is 0 Å². The number of esters is 2. The monoisotopic (exact) mass is 262 g/mol. The van der Waals surface area contributed by atoms with Gasteiger partial charge in [-0.25, -0.2) is 0 Å². The molecule has 0 spiro atoms. The van der Waals surface area contributed by atoms with Crippen molar-refractivity contribution in [3.8, 4) is 0 Å². The Balaban J connectivity index is 3.11. The molecule has 0 amide bonds. The average molecular weight is 262 g/mol. The highest BCUT2D eigenvalue weighted by Crippen LogP contribution is 2.29. The van der Waals surface area contributed by atoms with Crippen LogP contribution in [0.15, 0.2) is 34.4 Å². The second-order valence-electron chi connectivity index (χ2n) is 5.49. The minimum Gasteiger partial charge on any atom is -0.393 e. The van der Waals surface area contributed by atoms with E-state index in [4.69, 9.17) is 0 Å². The summed E-state index contributed by atoms with van der Waals surface area (Å²) in [6.45, 7) is 10.1. The Labute approximate surface area is 115 Å². The normalized spacial score (nSPS) is 19.7. The third kappa shape index (κ3) is 4.51. The third-order valence-corrected chi connectivity index (χ3v) is 3.00. The molecule has 1 aliphatic heterocycles. The third-order valence-electron chi connectivity index (χ3n) is 3.00. The van der Waals surface area contributed by atoms with Crippen molar-refractivity contribution in [2.24, 2.45) is 5.92 Å². The van der Waals surface area contributed by atoms with E-state index < -0.39 is 17.9 Å². The molecule has 0 aromatic heterocycles. The lowest BCUT2D eigenvalue weighted by Crippen LogP contribution is -2.11. The summed E-state index contributed by atoms with van der Waals surface area (Å²) < 4.78 is 4.66. The molecule has 1 atom stereocenters. The van der Waals surface area contributed by atoms with Crippen LogP contribution in [-0.4, -0.2) is 11.9 Å². The van der Waals surface area contributed by atoms with E-state index in [1.54, 1.807) is 0 Å². The van der Waals surface area contributed by atoms with Gasteiger partial charge in [0.25, 0.3) is 0 Å². The molecule has 1 aliphatic rings. The number of allylic oxidation sites excluding steroid dienone is 5. The Morgan fingerprint density at radius 3 is 2.21 bits per heavy atom. The Kier molecular flexibility index (Phi) is 5.28. The number of ether oxygens (including phenoxy) is 1. The van der Waals surface area contributed by atoms with Crippen LogP contribution in [0.1, 0.15) is 47.5 Å². The molecule has 0 N–H and O–H groups in total. The molecule has 0 aromatic rings. The van der Waals surface area contributed by atoms with Crippen molar-refractivity contribution in [3.05, 3.63) is 34.4 Å². The van der Waals surface area contributed by atoms with E-state index in [1.165, 1.54) is 5.57 Å². The standard InChI is InChI=1S/C16H22O3/c1-10(2)6-7-12(5)13(8-11(3)4)14-9-15(17)19-16(14)18/h6,8,14H,7,9H2,1-5H3/b13-12+. The summed E-state index contributed by atoms with van der Waals surface area (Å²) in [6, 6.07) is 0. The van der Waals surface area contributed by atoms with Crippen molar-refractivity contribution in [2.45, 2.75) is 47.5 Å². The number of rotatable bonds is 4. The Morgan fingerprint density at radius 1 is 1.16 bits per heavy atom. The largest absolute Gasteiger partial charge is 0.393 e. The molecule has 3 heteroatoms. The minimum atomic E-state index is -0.437. The predicted molar refractivity (Wildman–Crippen MR) is 75.4 cm³/mol. The maximum Gasteiger partial charge on any atom is 0.321 e. The first-order valence-electron chi connectivity index (χ1n) is 6.53. The van der Waals surface area contributed by atoms with Crippen LogP contribution in [0.3, 0.4) is 0 Å². The summed E-state index contributed by atoms with van der Waals surface area (Å²) in [7, 11) is 0. The van der Waals surface area contributed by atoms with E-state index in [1.807, 2.05) is 40.7 Å². The number of carbonyl (C=O) groups excluding carboxylic acids is 2. The van der Waals surface area contributed by atoms with Crippen LogP contribution in [0, 0.1) is 5.92 Å². The fourth-order valence-corrected chi connectivity index (χ4v) is 2.02. The van der Waals surface area contributed by atoms with Gasteiger partial charge in [-0.2, -0.15) is 0 Å². The molecule has 1 saturated heterocycles. The van der Waals surface area contributed by atoms with Crippen molar-refractivity contribution in [3.63, 3.8) is 0 Å². The molecule has 0 saturated carbocycles. The molecule has 19 heavy (non-hydrogen) atoms. The fraction of sp³-hybridized carbons (Fsp3) is 0.500. The molecule has 1 rings (SSSR count). The number of cyclic esters (lactones) is 2.